The number of esters is 1. The standard InChI is InChI=1S/C22H29NO4/c1-22(2,3)20(27-21(24)17-8-7-13-23(4)15-17)12-9-16-14-18(25-5)10-11-19(16)26-6/h7,9-15,20H,8H2,1-6H3/b12-9+. The Bertz CT molecular complexity index is 756. The number of carbonyl (C=O) groups excluding carboxylic acids is 1. The van der Waals surface area contributed by atoms with Crippen molar-refractivity contribution in [1.82, 2.24) is 4.90 Å². The van der Waals surface area contributed by atoms with E-state index >= 15 is 0 Å². The molecule has 0 bridgehead atoms. The van der Waals surface area contributed by atoms with E-state index in [0.29, 0.717) is 12.0 Å². The monoisotopic (exact) mass is 371 g/mol. The summed E-state index contributed by atoms with van der Waals surface area (Å²) in [4.78, 5) is 14.5. The Labute approximate surface area is 161 Å². The van der Waals surface area contributed by atoms with Crippen LogP contribution in [0.25, 0.3) is 6.08 Å². The number of hydrogen-bond donors (Lipinski definition) is 0. The molecule has 1 unspecified atom stereocenters. The third-order valence-electron chi connectivity index (χ3n) is 4.27. The molecule has 2 rings (SSSR count). The molecule has 0 fully saturated rings. The Morgan fingerprint density at radius 3 is 2.56 bits per heavy atom. The number of nitrogens with zero attached hydrogens (tertiary/aromatic N) is 1. The minimum Gasteiger partial charge on any atom is -0.497 e. The summed E-state index contributed by atoms with van der Waals surface area (Å²) in [7, 11) is 5.14. The van der Waals surface area contributed by atoms with Gasteiger partial charge in [-0.1, -0.05) is 32.9 Å². The summed E-state index contributed by atoms with van der Waals surface area (Å²) in [5.41, 5.74) is 1.25. The molecule has 1 aromatic rings. The van der Waals surface area contributed by atoms with Crippen molar-refractivity contribution >= 4 is 12.0 Å². The number of benzene rings is 1. The fourth-order valence-electron chi connectivity index (χ4n) is 2.68. The summed E-state index contributed by atoms with van der Waals surface area (Å²) < 4.78 is 16.5. The molecule has 0 aliphatic carbocycles. The average Bonchev–Trinajstić information content (AvgIpc) is 2.63. The number of allylic oxidation sites excluding steroid dienone is 1. The van der Waals surface area contributed by atoms with E-state index in [1.165, 1.54) is 0 Å². The van der Waals surface area contributed by atoms with Crippen LogP contribution in [-0.2, 0) is 9.53 Å². The highest BCUT2D eigenvalue weighted by molar-refractivity contribution is 5.89. The van der Waals surface area contributed by atoms with Gasteiger partial charge in [0.25, 0.3) is 0 Å². The van der Waals surface area contributed by atoms with Gasteiger partial charge in [-0.2, -0.15) is 0 Å². The molecule has 1 atom stereocenters. The fourth-order valence-corrected chi connectivity index (χ4v) is 2.68. The van der Waals surface area contributed by atoms with E-state index in [4.69, 9.17) is 14.2 Å². The summed E-state index contributed by atoms with van der Waals surface area (Å²) >= 11 is 0. The molecule has 1 heterocycles. The van der Waals surface area contributed by atoms with Gasteiger partial charge < -0.3 is 19.1 Å². The van der Waals surface area contributed by atoms with Crippen LogP contribution in [0, 0.1) is 5.41 Å². The minimum atomic E-state index is -0.391. The molecule has 0 saturated heterocycles. The Morgan fingerprint density at radius 1 is 1.22 bits per heavy atom. The normalized spacial score (nSPS) is 15.5. The smallest absolute Gasteiger partial charge is 0.336 e. The highest BCUT2D eigenvalue weighted by atomic mass is 16.5. The second-order valence-corrected chi connectivity index (χ2v) is 7.57. The van der Waals surface area contributed by atoms with Crippen molar-refractivity contribution in [1.29, 1.82) is 0 Å². The maximum absolute atomic E-state index is 12.6. The lowest BCUT2D eigenvalue weighted by Gasteiger charge is -2.28. The third-order valence-corrected chi connectivity index (χ3v) is 4.27. The lowest BCUT2D eigenvalue weighted by atomic mass is 9.88. The van der Waals surface area contributed by atoms with Crippen LogP contribution in [0.2, 0.25) is 0 Å². The zero-order valence-corrected chi connectivity index (χ0v) is 17.0. The van der Waals surface area contributed by atoms with Gasteiger partial charge in [0.05, 0.1) is 19.8 Å². The van der Waals surface area contributed by atoms with Gasteiger partial charge in [-0.05, 0) is 30.5 Å². The molecule has 0 amide bonds. The van der Waals surface area contributed by atoms with Crippen molar-refractivity contribution in [3.05, 3.63) is 53.9 Å². The Hall–Kier alpha value is -2.69. The first-order valence-corrected chi connectivity index (χ1v) is 8.95. The van der Waals surface area contributed by atoms with Gasteiger partial charge in [-0.3, -0.25) is 0 Å². The van der Waals surface area contributed by atoms with Gasteiger partial charge >= 0.3 is 5.97 Å². The van der Waals surface area contributed by atoms with Crippen molar-refractivity contribution in [3.8, 4) is 11.5 Å². The SMILES string of the molecule is COc1ccc(OC)c(/C=C/C(OC(=O)C2=CN(C)C=CC2)C(C)(C)C)c1. The van der Waals surface area contributed by atoms with E-state index in [1.807, 2.05) is 75.3 Å². The van der Waals surface area contributed by atoms with Gasteiger partial charge in [0.15, 0.2) is 0 Å². The van der Waals surface area contributed by atoms with Gasteiger partial charge in [-0.15, -0.1) is 0 Å². The lowest BCUT2D eigenvalue weighted by molar-refractivity contribution is -0.146. The number of ether oxygens (including phenoxy) is 3. The molecule has 1 aromatic carbocycles. The minimum absolute atomic E-state index is 0.255. The largest absolute Gasteiger partial charge is 0.497 e. The molecule has 0 radical (unpaired) electrons. The number of carbonyl (C=O) groups is 1. The molecule has 0 spiro atoms. The molecular formula is C22H29NO4. The zero-order chi connectivity index (χ0) is 20.0. The van der Waals surface area contributed by atoms with E-state index in [2.05, 4.69) is 0 Å². The van der Waals surface area contributed by atoms with Crippen molar-refractivity contribution in [2.24, 2.45) is 5.41 Å². The summed E-state index contributed by atoms with van der Waals surface area (Å²) in [5, 5.41) is 0. The zero-order valence-electron chi connectivity index (χ0n) is 17.0. The average molecular weight is 371 g/mol. The Morgan fingerprint density at radius 2 is 1.96 bits per heavy atom. The summed E-state index contributed by atoms with van der Waals surface area (Å²) in [6.07, 6.45) is 9.67. The van der Waals surface area contributed by atoms with Crippen molar-refractivity contribution in [3.63, 3.8) is 0 Å². The predicted molar refractivity (Wildman–Crippen MR) is 108 cm³/mol. The van der Waals surface area contributed by atoms with Crippen molar-refractivity contribution in [2.75, 3.05) is 21.3 Å². The fraction of sp³-hybridized carbons (Fsp3) is 0.409. The van der Waals surface area contributed by atoms with E-state index in [-0.39, 0.29) is 11.4 Å². The summed E-state index contributed by atoms with van der Waals surface area (Å²) in [6, 6.07) is 5.59. The Balaban J connectivity index is 2.23. The Kier molecular flexibility index (Phi) is 6.72. The van der Waals surface area contributed by atoms with Gasteiger partial charge in [0.1, 0.15) is 17.6 Å². The van der Waals surface area contributed by atoms with Crippen LogP contribution in [0.4, 0.5) is 0 Å². The molecule has 1 aliphatic heterocycles. The molecule has 5 nitrogen and oxygen atoms in total. The van der Waals surface area contributed by atoms with Crippen LogP contribution in [-0.4, -0.2) is 38.2 Å². The first kappa shape index (κ1) is 20.6. The van der Waals surface area contributed by atoms with Crippen LogP contribution in [0.3, 0.4) is 0 Å². The maximum atomic E-state index is 12.6. The van der Waals surface area contributed by atoms with Gasteiger partial charge in [0.2, 0.25) is 0 Å². The lowest BCUT2D eigenvalue weighted by Crippen LogP contribution is -2.31. The van der Waals surface area contributed by atoms with E-state index in [1.54, 1.807) is 20.4 Å². The van der Waals surface area contributed by atoms with Crippen molar-refractivity contribution < 1.29 is 19.0 Å². The topological polar surface area (TPSA) is 48.0 Å². The van der Waals surface area contributed by atoms with Crippen LogP contribution >= 0.6 is 0 Å². The van der Waals surface area contributed by atoms with Gasteiger partial charge in [-0.25, -0.2) is 4.79 Å². The van der Waals surface area contributed by atoms with E-state index < -0.39 is 6.10 Å². The summed E-state index contributed by atoms with van der Waals surface area (Å²) in [5.74, 6) is 1.17. The van der Waals surface area contributed by atoms with Crippen LogP contribution in [0.5, 0.6) is 11.5 Å². The first-order valence-electron chi connectivity index (χ1n) is 8.95. The maximum Gasteiger partial charge on any atom is 0.336 e. The highest BCUT2D eigenvalue weighted by Crippen LogP contribution is 2.29. The molecule has 146 valence electrons. The number of rotatable bonds is 6. The third kappa shape index (κ3) is 5.64. The number of methoxy groups -OCH3 is 2. The van der Waals surface area contributed by atoms with E-state index in [0.717, 1.165) is 17.1 Å². The van der Waals surface area contributed by atoms with Gasteiger partial charge in [0, 0.05) is 30.6 Å². The molecule has 27 heavy (non-hydrogen) atoms. The molecule has 0 aromatic heterocycles. The van der Waals surface area contributed by atoms with E-state index in [9.17, 15) is 4.79 Å². The molecule has 5 heteroatoms. The molecular weight excluding hydrogens is 342 g/mol. The molecule has 0 N–H and O–H groups in total. The number of hydrogen-bond acceptors (Lipinski definition) is 5. The van der Waals surface area contributed by atoms with Crippen LogP contribution < -0.4 is 9.47 Å². The molecule has 1 aliphatic rings. The second kappa shape index (κ2) is 8.80. The summed E-state index contributed by atoms with van der Waals surface area (Å²) in [6.45, 7) is 6.12. The van der Waals surface area contributed by atoms with Crippen LogP contribution in [0.15, 0.2) is 48.3 Å². The predicted octanol–water partition coefficient (Wildman–Crippen LogP) is 4.41. The second-order valence-electron chi connectivity index (χ2n) is 7.57. The molecule has 0 saturated carbocycles. The highest BCUT2D eigenvalue weighted by Gasteiger charge is 2.27. The first-order chi connectivity index (χ1) is 12.7. The van der Waals surface area contributed by atoms with Crippen molar-refractivity contribution in [2.45, 2.75) is 33.3 Å². The van der Waals surface area contributed by atoms with Crippen LogP contribution in [0.1, 0.15) is 32.8 Å². The quantitative estimate of drug-likeness (QED) is 0.693.